The van der Waals surface area contributed by atoms with Gasteiger partial charge in [0.05, 0.1) is 33.5 Å². The molecule has 0 aliphatic heterocycles. The van der Waals surface area contributed by atoms with Crippen molar-refractivity contribution >= 4 is 60.7 Å². The van der Waals surface area contributed by atoms with Gasteiger partial charge in [-0.15, -0.1) is 0 Å². The monoisotopic (exact) mass is 816 g/mol. The third-order valence-corrected chi connectivity index (χ3v) is 12.4. The van der Waals surface area contributed by atoms with Crippen LogP contribution in [0.4, 0.5) is 17.1 Å². The quantitative estimate of drug-likeness (QED) is 0.153. The number of hydrogen-bond donors (Lipinski definition) is 0. The van der Waals surface area contributed by atoms with Crippen molar-refractivity contribution in [2.24, 2.45) is 0 Å². The van der Waals surface area contributed by atoms with Gasteiger partial charge in [0, 0.05) is 44.6 Å². The highest BCUT2D eigenvalue weighted by atomic mass is 15.1. The van der Waals surface area contributed by atoms with Crippen molar-refractivity contribution in [2.45, 2.75) is 0 Å². The zero-order valence-electron chi connectivity index (χ0n) is 34.9. The first kappa shape index (κ1) is 37.2. The molecule has 0 spiro atoms. The minimum absolute atomic E-state index is 0.862. The normalized spacial score (nSPS) is 11.4. The van der Waals surface area contributed by atoms with Crippen molar-refractivity contribution in [3.05, 3.63) is 243 Å². The number of nitrogens with zero attached hydrogens (tertiary/aromatic N) is 4. The molecule has 0 N–H and O–H groups in total. The van der Waals surface area contributed by atoms with Gasteiger partial charge in [0.15, 0.2) is 0 Å². The van der Waals surface area contributed by atoms with Gasteiger partial charge in [0.1, 0.15) is 0 Å². The third kappa shape index (κ3) is 6.66. The van der Waals surface area contributed by atoms with Crippen LogP contribution in [0.25, 0.3) is 94.1 Å². The molecule has 0 bridgehead atoms. The van der Waals surface area contributed by atoms with Gasteiger partial charge in [-0.05, 0) is 124 Å². The van der Waals surface area contributed by atoms with Crippen LogP contribution in [0.5, 0.6) is 0 Å². The van der Waals surface area contributed by atoms with Gasteiger partial charge in [-0.2, -0.15) is 0 Å². The highest BCUT2D eigenvalue weighted by molar-refractivity contribution is 6.12. The van der Waals surface area contributed by atoms with Crippen LogP contribution in [0, 0.1) is 0 Å². The lowest BCUT2D eigenvalue weighted by atomic mass is 9.98. The Bertz CT molecular complexity index is 3640. The Morgan fingerprint density at radius 1 is 0.297 bits per heavy atom. The van der Waals surface area contributed by atoms with Gasteiger partial charge < -0.3 is 9.47 Å². The smallest absolute Gasteiger partial charge is 0.0973 e. The lowest BCUT2D eigenvalue weighted by Crippen LogP contribution is -2.09. The summed E-state index contributed by atoms with van der Waals surface area (Å²) in [7, 11) is 0. The zero-order valence-corrected chi connectivity index (χ0v) is 34.9. The van der Waals surface area contributed by atoms with E-state index in [1.165, 1.54) is 49.3 Å². The minimum atomic E-state index is 0.862. The molecule has 0 saturated carbocycles. The van der Waals surface area contributed by atoms with Gasteiger partial charge in [0.2, 0.25) is 0 Å². The molecule has 2 heterocycles. The first-order valence-electron chi connectivity index (χ1n) is 21.7. The maximum absolute atomic E-state index is 5.15. The summed E-state index contributed by atoms with van der Waals surface area (Å²) in [4.78, 5) is 12.6. The zero-order chi connectivity index (χ0) is 42.4. The SMILES string of the molecule is c1ccc(-c2nc3ccccc3nc2-c2ccc(N(c3ccccc3)c3ccc(-c4ccc5c(c4)c4cc(-c6ccc7ccccc7c6)ccc4n5-c4ccccc4)cc3)cc2)cc1. The number of benzene rings is 10. The standard InChI is InChI=1S/C60H40N4/c1-4-15-43(16-5-1)59-60(62-56-23-13-12-22-55(56)61-59)44-28-34-52(35-29-44)63(49-18-6-2-7-19-49)51-32-26-42(27-33-51)47-30-36-57-53(39-47)54-40-48(46-25-24-41-14-10-11-17-45(41)38-46)31-37-58(54)64(57)50-20-8-3-9-21-50/h1-40H. The summed E-state index contributed by atoms with van der Waals surface area (Å²) in [6.07, 6.45) is 0. The highest BCUT2D eigenvalue weighted by Gasteiger charge is 2.18. The van der Waals surface area contributed by atoms with Gasteiger partial charge in [-0.1, -0.05) is 152 Å². The Morgan fingerprint density at radius 3 is 1.33 bits per heavy atom. The Kier molecular flexibility index (Phi) is 9.12. The topological polar surface area (TPSA) is 34.0 Å². The van der Waals surface area contributed by atoms with Gasteiger partial charge in [-0.3, -0.25) is 0 Å². The molecule has 2 aromatic heterocycles. The molecule has 0 radical (unpaired) electrons. The van der Waals surface area contributed by atoms with Gasteiger partial charge in [0.25, 0.3) is 0 Å². The van der Waals surface area contributed by atoms with Crippen LogP contribution in [0.15, 0.2) is 243 Å². The summed E-state index contributed by atoms with van der Waals surface area (Å²) < 4.78 is 2.39. The van der Waals surface area contributed by atoms with E-state index in [9.17, 15) is 0 Å². The van der Waals surface area contributed by atoms with Gasteiger partial charge >= 0.3 is 0 Å². The molecule has 12 rings (SSSR count). The third-order valence-electron chi connectivity index (χ3n) is 12.4. The molecule has 12 aromatic rings. The van der Waals surface area contributed by atoms with Crippen molar-refractivity contribution < 1.29 is 0 Å². The predicted molar refractivity (Wildman–Crippen MR) is 268 cm³/mol. The number of para-hydroxylation sites is 4. The number of anilines is 3. The second-order valence-corrected chi connectivity index (χ2v) is 16.2. The summed E-state index contributed by atoms with van der Waals surface area (Å²) in [5.41, 5.74) is 17.0. The molecule has 0 fully saturated rings. The number of hydrogen-bond acceptors (Lipinski definition) is 3. The van der Waals surface area contributed by atoms with Crippen LogP contribution in [0.1, 0.15) is 0 Å². The second kappa shape index (κ2) is 15.7. The summed E-state index contributed by atoms with van der Waals surface area (Å²) in [6, 6.07) is 86.4. The molecule has 4 nitrogen and oxygen atoms in total. The summed E-state index contributed by atoms with van der Waals surface area (Å²) in [5, 5.41) is 4.94. The van der Waals surface area contributed by atoms with Crippen molar-refractivity contribution in [2.75, 3.05) is 4.90 Å². The molecule has 0 aliphatic carbocycles. The van der Waals surface area contributed by atoms with Gasteiger partial charge in [-0.25, -0.2) is 9.97 Å². The Morgan fingerprint density at radius 2 is 0.719 bits per heavy atom. The molecule has 0 saturated heterocycles. The molecule has 300 valence electrons. The first-order chi connectivity index (χ1) is 31.7. The van der Waals surface area contributed by atoms with Crippen molar-refractivity contribution in [1.29, 1.82) is 0 Å². The number of fused-ring (bicyclic) bond motifs is 5. The fraction of sp³-hybridized carbons (Fsp3) is 0. The van der Waals surface area contributed by atoms with Crippen LogP contribution in [-0.2, 0) is 0 Å². The van der Waals surface area contributed by atoms with E-state index in [1.54, 1.807) is 0 Å². The average Bonchev–Trinajstić information content (AvgIpc) is 3.70. The Labute approximate surface area is 371 Å². The van der Waals surface area contributed by atoms with E-state index in [-0.39, 0.29) is 0 Å². The Balaban J connectivity index is 0.927. The van der Waals surface area contributed by atoms with Crippen LogP contribution < -0.4 is 4.90 Å². The van der Waals surface area contributed by atoms with E-state index in [2.05, 4.69) is 210 Å². The summed E-state index contributed by atoms with van der Waals surface area (Å²) in [5.74, 6) is 0. The molecule has 0 aliphatic rings. The number of rotatable bonds is 8. The average molecular weight is 817 g/mol. The molecular weight excluding hydrogens is 777 g/mol. The molecule has 4 heteroatoms. The van der Waals surface area contributed by atoms with E-state index in [0.717, 1.165) is 61.9 Å². The number of aromatic nitrogens is 3. The predicted octanol–water partition coefficient (Wildman–Crippen LogP) is 16.0. The fourth-order valence-corrected chi connectivity index (χ4v) is 9.20. The molecule has 0 unspecified atom stereocenters. The first-order valence-corrected chi connectivity index (χ1v) is 21.7. The minimum Gasteiger partial charge on any atom is -0.311 e. The second-order valence-electron chi connectivity index (χ2n) is 16.2. The maximum atomic E-state index is 5.15. The van der Waals surface area contributed by atoms with Crippen molar-refractivity contribution in [3.8, 4) is 50.5 Å². The highest BCUT2D eigenvalue weighted by Crippen LogP contribution is 2.40. The van der Waals surface area contributed by atoms with Crippen LogP contribution in [-0.4, -0.2) is 14.5 Å². The molecule has 10 aromatic carbocycles. The van der Waals surface area contributed by atoms with Crippen molar-refractivity contribution in [3.63, 3.8) is 0 Å². The largest absolute Gasteiger partial charge is 0.311 e. The van der Waals surface area contributed by atoms with E-state index >= 15 is 0 Å². The Hall–Kier alpha value is -8.60. The summed E-state index contributed by atoms with van der Waals surface area (Å²) in [6.45, 7) is 0. The lowest BCUT2D eigenvalue weighted by Gasteiger charge is -2.26. The summed E-state index contributed by atoms with van der Waals surface area (Å²) >= 11 is 0. The molecule has 0 atom stereocenters. The fourth-order valence-electron chi connectivity index (χ4n) is 9.20. The lowest BCUT2D eigenvalue weighted by molar-refractivity contribution is 1.18. The van der Waals surface area contributed by atoms with E-state index < -0.39 is 0 Å². The molecule has 0 amide bonds. The molecular formula is C60H40N4. The van der Waals surface area contributed by atoms with Crippen LogP contribution in [0.2, 0.25) is 0 Å². The maximum Gasteiger partial charge on any atom is 0.0973 e. The van der Waals surface area contributed by atoms with Crippen LogP contribution >= 0.6 is 0 Å². The van der Waals surface area contributed by atoms with E-state index in [1.807, 2.05) is 42.5 Å². The molecule has 64 heavy (non-hydrogen) atoms. The van der Waals surface area contributed by atoms with Crippen LogP contribution in [0.3, 0.4) is 0 Å². The van der Waals surface area contributed by atoms with Crippen molar-refractivity contribution in [1.82, 2.24) is 14.5 Å². The van der Waals surface area contributed by atoms with E-state index in [4.69, 9.17) is 9.97 Å². The van der Waals surface area contributed by atoms with E-state index in [0.29, 0.717) is 0 Å².